The lowest BCUT2D eigenvalue weighted by atomic mass is 10.3. The van der Waals surface area contributed by atoms with Crippen molar-refractivity contribution < 1.29 is 8.78 Å². The van der Waals surface area contributed by atoms with Crippen molar-refractivity contribution >= 4 is 11.8 Å². The number of nitrogens with zero attached hydrogens (tertiary/aromatic N) is 1. The SMILES string of the molecule is N#CCCCSc1ccc(F)cc1F. The third kappa shape index (κ3) is 3.35. The first-order valence-electron chi connectivity index (χ1n) is 4.19. The summed E-state index contributed by atoms with van der Waals surface area (Å²) in [4.78, 5) is 0.435. The van der Waals surface area contributed by atoms with Gasteiger partial charge in [-0.15, -0.1) is 11.8 Å². The maximum Gasteiger partial charge on any atom is 0.139 e. The van der Waals surface area contributed by atoms with E-state index in [-0.39, 0.29) is 0 Å². The van der Waals surface area contributed by atoms with Gasteiger partial charge < -0.3 is 0 Å². The molecular formula is C10H9F2NS. The van der Waals surface area contributed by atoms with Crippen LogP contribution in [0.15, 0.2) is 23.1 Å². The van der Waals surface area contributed by atoms with Crippen LogP contribution in [0.5, 0.6) is 0 Å². The molecule has 0 spiro atoms. The molecule has 0 radical (unpaired) electrons. The zero-order valence-corrected chi connectivity index (χ0v) is 8.28. The molecule has 0 unspecified atom stereocenters. The summed E-state index contributed by atoms with van der Waals surface area (Å²) in [7, 11) is 0. The van der Waals surface area contributed by atoms with Gasteiger partial charge in [-0.1, -0.05) is 0 Å². The minimum Gasteiger partial charge on any atom is -0.207 e. The molecule has 4 heteroatoms. The molecule has 0 fully saturated rings. The molecule has 0 N–H and O–H groups in total. The summed E-state index contributed by atoms with van der Waals surface area (Å²) in [5, 5.41) is 8.27. The second-order valence-corrected chi connectivity index (χ2v) is 3.82. The number of halogens is 2. The number of hydrogen-bond acceptors (Lipinski definition) is 2. The Balaban J connectivity index is 2.47. The molecule has 0 atom stereocenters. The van der Waals surface area contributed by atoms with Gasteiger partial charge in [0, 0.05) is 17.4 Å². The summed E-state index contributed by atoms with van der Waals surface area (Å²) in [6.07, 6.45) is 1.19. The largest absolute Gasteiger partial charge is 0.207 e. The molecule has 0 amide bonds. The highest BCUT2D eigenvalue weighted by Gasteiger charge is 2.03. The van der Waals surface area contributed by atoms with Crippen molar-refractivity contribution in [3.63, 3.8) is 0 Å². The highest BCUT2D eigenvalue weighted by molar-refractivity contribution is 7.99. The van der Waals surface area contributed by atoms with Crippen molar-refractivity contribution in [1.29, 1.82) is 5.26 Å². The van der Waals surface area contributed by atoms with E-state index in [0.29, 0.717) is 17.1 Å². The molecule has 74 valence electrons. The van der Waals surface area contributed by atoms with E-state index in [9.17, 15) is 8.78 Å². The van der Waals surface area contributed by atoms with Gasteiger partial charge in [-0.25, -0.2) is 8.78 Å². The van der Waals surface area contributed by atoms with Crippen molar-refractivity contribution in [3.8, 4) is 6.07 Å². The van der Waals surface area contributed by atoms with Gasteiger partial charge in [0.2, 0.25) is 0 Å². The van der Waals surface area contributed by atoms with Crippen LogP contribution < -0.4 is 0 Å². The van der Waals surface area contributed by atoms with Crippen molar-refractivity contribution in [1.82, 2.24) is 0 Å². The standard InChI is InChI=1S/C10H9F2NS/c11-8-3-4-10(9(12)7-8)14-6-2-1-5-13/h3-4,7H,1-2,6H2. The van der Waals surface area contributed by atoms with E-state index in [0.717, 1.165) is 12.5 Å². The fraction of sp³-hybridized carbons (Fsp3) is 0.300. The van der Waals surface area contributed by atoms with Gasteiger partial charge in [-0.3, -0.25) is 0 Å². The van der Waals surface area contributed by atoms with E-state index in [1.807, 2.05) is 6.07 Å². The highest BCUT2D eigenvalue weighted by Crippen LogP contribution is 2.23. The first-order valence-corrected chi connectivity index (χ1v) is 5.17. The Hall–Kier alpha value is -1.08. The van der Waals surface area contributed by atoms with Gasteiger partial charge in [-0.2, -0.15) is 5.26 Å². The second-order valence-electron chi connectivity index (χ2n) is 2.68. The molecule has 0 bridgehead atoms. The summed E-state index contributed by atoms with van der Waals surface area (Å²) >= 11 is 1.30. The van der Waals surface area contributed by atoms with Crippen molar-refractivity contribution in [2.75, 3.05) is 5.75 Å². The fourth-order valence-corrected chi connectivity index (χ4v) is 1.80. The van der Waals surface area contributed by atoms with Gasteiger partial charge in [0.05, 0.1) is 6.07 Å². The highest BCUT2D eigenvalue weighted by atomic mass is 32.2. The number of benzene rings is 1. The lowest BCUT2D eigenvalue weighted by Gasteiger charge is -2.01. The molecule has 14 heavy (non-hydrogen) atoms. The van der Waals surface area contributed by atoms with Gasteiger partial charge in [0.25, 0.3) is 0 Å². The van der Waals surface area contributed by atoms with Crippen molar-refractivity contribution in [3.05, 3.63) is 29.8 Å². The van der Waals surface area contributed by atoms with E-state index in [1.54, 1.807) is 0 Å². The predicted octanol–water partition coefficient (Wildman–Crippen LogP) is 3.36. The molecule has 0 aliphatic carbocycles. The summed E-state index contributed by atoms with van der Waals surface area (Å²) in [5.41, 5.74) is 0. The molecule has 1 aromatic rings. The second kappa shape index (κ2) is 5.61. The topological polar surface area (TPSA) is 23.8 Å². The molecule has 0 saturated heterocycles. The lowest BCUT2D eigenvalue weighted by Crippen LogP contribution is -1.85. The van der Waals surface area contributed by atoms with E-state index in [2.05, 4.69) is 0 Å². The predicted molar refractivity (Wildman–Crippen MR) is 51.9 cm³/mol. The Morgan fingerprint density at radius 3 is 2.79 bits per heavy atom. The molecule has 0 aliphatic rings. The Labute approximate surface area is 85.7 Å². The van der Waals surface area contributed by atoms with Crippen LogP contribution in [-0.2, 0) is 0 Å². The van der Waals surface area contributed by atoms with Crippen LogP contribution in [0.1, 0.15) is 12.8 Å². The van der Waals surface area contributed by atoms with Gasteiger partial charge >= 0.3 is 0 Å². The quantitative estimate of drug-likeness (QED) is 0.565. The normalized spacial score (nSPS) is 9.79. The summed E-state index contributed by atoms with van der Waals surface area (Å²) in [5.74, 6) is -0.424. The molecular weight excluding hydrogens is 204 g/mol. The van der Waals surface area contributed by atoms with E-state index in [1.165, 1.54) is 23.9 Å². The van der Waals surface area contributed by atoms with Crippen LogP contribution in [0.3, 0.4) is 0 Å². The fourth-order valence-electron chi connectivity index (χ4n) is 0.926. The number of nitriles is 1. The van der Waals surface area contributed by atoms with E-state index in [4.69, 9.17) is 5.26 Å². The smallest absolute Gasteiger partial charge is 0.139 e. The number of unbranched alkanes of at least 4 members (excludes halogenated alkanes) is 1. The van der Waals surface area contributed by atoms with Crippen LogP contribution in [0.4, 0.5) is 8.78 Å². The summed E-state index contributed by atoms with van der Waals surface area (Å²) < 4.78 is 25.5. The van der Waals surface area contributed by atoms with Gasteiger partial charge in [0.15, 0.2) is 0 Å². The minimum absolute atomic E-state index is 0.435. The molecule has 1 aromatic carbocycles. The average molecular weight is 213 g/mol. The summed E-state index contributed by atoms with van der Waals surface area (Å²) in [6.45, 7) is 0. The van der Waals surface area contributed by atoms with E-state index >= 15 is 0 Å². The van der Waals surface area contributed by atoms with Crippen molar-refractivity contribution in [2.24, 2.45) is 0 Å². The number of rotatable bonds is 4. The van der Waals surface area contributed by atoms with Crippen LogP contribution in [0.25, 0.3) is 0 Å². The van der Waals surface area contributed by atoms with Crippen LogP contribution in [-0.4, -0.2) is 5.75 Å². The molecule has 0 aromatic heterocycles. The molecule has 0 saturated carbocycles. The third-order valence-electron chi connectivity index (χ3n) is 1.58. The van der Waals surface area contributed by atoms with Crippen molar-refractivity contribution in [2.45, 2.75) is 17.7 Å². The lowest BCUT2D eigenvalue weighted by molar-refractivity contribution is 0.565. The molecule has 1 nitrogen and oxygen atoms in total. The van der Waals surface area contributed by atoms with Crippen LogP contribution >= 0.6 is 11.8 Å². The molecule has 0 heterocycles. The van der Waals surface area contributed by atoms with Gasteiger partial charge in [-0.05, 0) is 24.3 Å². The third-order valence-corrected chi connectivity index (χ3v) is 2.72. The zero-order chi connectivity index (χ0) is 10.4. The molecule has 1 rings (SSSR count). The van der Waals surface area contributed by atoms with Gasteiger partial charge in [0.1, 0.15) is 11.6 Å². The Kier molecular flexibility index (Phi) is 4.41. The zero-order valence-electron chi connectivity index (χ0n) is 7.46. The Morgan fingerprint density at radius 1 is 1.36 bits per heavy atom. The first kappa shape index (κ1) is 11.0. The maximum absolute atomic E-state index is 13.0. The van der Waals surface area contributed by atoms with Crippen LogP contribution in [0, 0.1) is 23.0 Å². The Morgan fingerprint density at radius 2 is 2.14 bits per heavy atom. The molecule has 0 aliphatic heterocycles. The first-order chi connectivity index (χ1) is 6.74. The Bertz CT molecular complexity index is 346. The maximum atomic E-state index is 13.0. The number of hydrogen-bond donors (Lipinski definition) is 0. The van der Waals surface area contributed by atoms with Crippen LogP contribution in [0.2, 0.25) is 0 Å². The minimum atomic E-state index is -0.566. The number of thioether (sulfide) groups is 1. The monoisotopic (exact) mass is 213 g/mol. The average Bonchev–Trinajstić information content (AvgIpc) is 2.15. The van der Waals surface area contributed by atoms with E-state index < -0.39 is 11.6 Å². The summed E-state index contributed by atoms with van der Waals surface area (Å²) in [6, 6.07) is 5.53.